The first-order chi connectivity index (χ1) is 11.0. The molecule has 23 heavy (non-hydrogen) atoms. The Morgan fingerprint density at radius 1 is 1.26 bits per heavy atom. The molecular formula is C14H16F3N5O. The third-order valence-corrected chi connectivity index (χ3v) is 3.90. The summed E-state index contributed by atoms with van der Waals surface area (Å²) in [5.74, 6) is -0.682. The Kier molecular flexibility index (Phi) is 4.20. The molecule has 0 bridgehead atoms. The zero-order chi connectivity index (χ0) is 16.4. The topological polar surface area (TPSA) is 67.1 Å². The Morgan fingerprint density at radius 3 is 2.52 bits per heavy atom. The molecule has 1 N–H and O–H groups in total. The van der Waals surface area contributed by atoms with E-state index in [0.29, 0.717) is 11.6 Å². The van der Waals surface area contributed by atoms with Crippen molar-refractivity contribution in [1.82, 2.24) is 20.4 Å². The molecule has 0 atom stereocenters. The van der Waals surface area contributed by atoms with Gasteiger partial charge in [0.05, 0.1) is 0 Å². The number of hydrogen-bond donors (Lipinski definition) is 1. The van der Waals surface area contributed by atoms with Crippen molar-refractivity contribution < 1.29 is 17.7 Å². The van der Waals surface area contributed by atoms with Gasteiger partial charge in [-0.1, -0.05) is 5.16 Å². The van der Waals surface area contributed by atoms with Crippen molar-refractivity contribution in [2.75, 3.05) is 25.0 Å². The van der Waals surface area contributed by atoms with Crippen molar-refractivity contribution in [3.8, 4) is 11.4 Å². The number of nitrogens with one attached hydrogen (secondary N) is 1. The van der Waals surface area contributed by atoms with Gasteiger partial charge in [0.25, 0.3) is 0 Å². The highest BCUT2D eigenvalue weighted by Crippen LogP contribution is 2.29. The summed E-state index contributed by atoms with van der Waals surface area (Å²) in [6, 6.07) is 3.93. The minimum atomic E-state index is -4.64. The molecule has 0 radical (unpaired) electrons. The first kappa shape index (κ1) is 15.7. The van der Waals surface area contributed by atoms with Gasteiger partial charge in [-0.25, -0.2) is 4.98 Å². The molecule has 1 aliphatic heterocycles. The summed E-state index contributed by atoms with van der Waals surface area (Å²) >= 11 is 0. The Bertz CT molecular complexity index is 647. The lowest BCUT2D eigenvalue weighted by atomic mass is 10.1. The molecule has 9 heteroatoms. The Morgan fingerprint density at radius 2 is 2.00 bits per heavy atom. The van der Waals surface area contributed by atoms with Gasteiger partial charge in [0.15, 0.2) is 0 Å². The summed E-state index contributed by atoms with van der Waals surface area (Å²) in [6.07, 6.45) is -1.12. The molecule has 6 nitrogen and oxygen atoms in total. The molecule has 0 amide bonds. The second kappa shape index (κ2) is 6.15. The van der Waals surface area contributed by atoms with E-state index in [1.165, 1.54) is 6.20 Å². The van der Waals surface area contributed by atoms with Gasteiger partial charge < -0.3 is 14.7 Å². The van der Waals surface area contributed by atoms with Crippen LogP contribution in [-0.2, 0) is 6.18 Å². The van der Waals surface area contributed by atoms with Crippen molar-refractivity contribution in [3.63, 3.8) is 0 Å². The third-order valence-electron chi connectivity index (χ3n) is 3.90. The highest BCUT2D eigenvalue weighted by atomic mass is 19.4. The summed E-state index contributed by atoms with van der Waals surface area (Å²) < 4.78 is 41.6. The molecule has 1 fully saturated rings. The summed E-state index contributed by atoms with van der Waals surface area (Å²) in [7, 11) is 1.95. The van der Waals surface area contributed by atoms with E-state index in [1.807, 2.05) is 7.05 Å². The van der Waals surface area contributed by atoms with Gasteiger partial charge in [-0.3, -0.25) is 0 Å². The lowest BCUT2D eigenvalue weighted by Gasteiger charge is -2.32. The fourth-order valence-corrected chi connectivity index (χ4v) is 2.56. The number of aromatic nitrogens is 3. The number of alkyl halides is 3. The molecule has 2 aromatic heterocycles. The summed E-state index contributed by atoms with van der Waals surface area (Å²) in [6.45, 7) is 1.77. The van der Waals surface area contributed by atoms with Gasteiger partial charge in [0.1, 0.15) is 5.82 Å². The number of nitrogens with zero attached hydrogens (tertiary/aromatic N) is 4. The molecule has 1 saturated heterocycles. The van der Waals surface area contributed by atoms with Crippen molar-refractivity contribution in [2.45, 2.75) is 25.1 Å². The molecule has 0 aromatic carbocycles. The fourth-order valence-electron chi connectivity index (χ4n) is 2.56. The van der Waals surface area contributed by atoms with Crippen molar-refractivity contribution in [1.29, 1.82) is 0 Å². The number of pyridine rings is 1. The van der Waals surface area contributed by atoms with E-state index in [0.717, 1.165) is 31.7 Å². The zero-order valence-electron chi connectivity index (χ0n) is 12.5. The number of halogens is 3. The molecule has 0 spiro atoms. The van der Waals surface area contributed by atoms with Gasteiger partial charge in [0, 0.05) is 30.9 Å². The van der Waals surface area contributed by atoms with Gasteiger partial charge in [-0.05, 0) is 32.0 Å². The summed E-state index contributed by atoms with van der Waals surface area (Å²) in [4.78, 5) is 9.80. The summed E-state index contributed by atoms with van der Waals surface area (Å²) in [5.41, 5.74) is 0.387. The van der Waals surface area contributed by atoms with E-state index < -0.39 is 12.1 Å². The standard InChI is InChI=1S/C14H16F3N5O/c1-18-10-4-6-22(7-5-10)11-3-2-9(8-19-11)12-20-13(23-21-12)14(15,16)17/h2-3,8,10,18H,4-7H2,1H3. The van der Waals surface area contributed by atoms with Crippen LogP contribution in [0.4, 0.5) is 19.0 Å². The number of piperidine rings is 1. The normalized spacial score (nSPS) is 16.8. The molecule has 0 aliphatic carbocycles. The second-order valence-electron chi connectivity index (χ2n) is 5.38. The van der Waals surface area contributed by atoms with Crippen molar-refractivity contribution in [3.05, 3.63) is 24.2 Å². The average Bonchev–Trinajstić information content (AvgIpc) is 3.05. The van der Waals surface area contributed by atoms with Crippen LogP contribution < -0.4 is 10.2 Å². The van der Waals surface area contributed by atoms with Gasteiger partial charge >= 0.3 is 12.1 Å². The highest BCUT2D eigenvalue weighted by Gasteiger charge is 2.38. The van der Waals surface area contributed by atoms with Crippen LogP contribution in [-0.4, -0.2) is 41.3 Å². The fraction of sp³-hybridized carbons (Fsp3) is 0.500. The zero-order valence-corrected chi connectivity index (χ0v) is 12.5. The average molecular weight is 327 g/mol. The molecule has 2 aromatic rings. The first-order valence-corrected chi connectivity index (χ1v) is 7.27. The third kappa shape index (κ3) is 3.44. The second-order valence-corrected chi connectivity index (χ2v) is 5.38. The number of rotatable bonds is 3. The van der Waals surface area contributed by atoms with Crippen LogP contribution in [0.5, 0.6) is 0 Å². The van der Waals surface area contributed by atoms with Gasteiger partial charge in [-0.2, -0.15) is 18.2 Å². The minimum Gasteiger partial charge on any atom is -0.357 e. The minimum absolute atomic E-state index is 0.120. The van der Waals surface area contributed by atoms with Crippen LogP contribution in [0.15, 0.2) is 22.9 Å². The molecule has 0 unspecified atom stereocenters. The molecule has 3 rings (SSSR count). The Balaban J connectivity index is 1.71. The number of anilines is 1. The van der Waals surface area contributed by atoms with Crippen LogP contribution >= 0.6 is 0 Å². The van der Waals surface area contributed by atoms with E-state index in [-0.39, 0.29) is 5.82 Å². The molecule has 124 valence electrons. The molecule has 1 aliphatic rings. The highest BCUT2D eigenvalue weighted by molar-refractivity contribution is 5.56. The maximum Gasteiger partial charge on any atom is 0.471 e. The molecule has 0 saturated carbocycles. The quantitative estimate of drug-likeness (QED) is 0.933. The first-order valence-electron chi connectivity index (χ1n) is 7.27. The van der Waals surface area contributed by atoms with Crippen molar-refractivity contribution >= 4 is 5.82 Å². The SMILES string of the molecule is CNC1CCN(c2ccc(-c3noc(C(F)(F)F)n3)cn2)CC1. The monoisotopic (exact) mass is 327 g/mol. The van der Waals surface area contributed by atoms with E-state index >= 15 is 0 Å². The maximum absolute atomic E-state index is 12.5. The van der Waals surface area contributed by atoms with E-state index in [2.05, 4.69) is 29.9 Å². The van der Waals surface area contributed by atoms with E-state index in [1.54, 1.807) is 12.1 Å². The van der Waals surface area contributed by atoms with Gasteiger partial charge in [-0.15, -0.1) is 0 Å². The maximum atomic E-state index is 12.5. The van der Waals surface area contributed by atoms with Crippen LogP contribution in [0.1, 0.15) is 18.7 Å². The van der Waals surface area contributed by atoms with Crippen LogP contribution in [0.25, 0.3) is 11.4 Å². The predicted octanol–water partition coefficient (Wildman–Crippen LogP) is 2.34. The lowest BCUT2D eigenvalue weighted by molar-refractivity contribution is -0.159. The van der Waals surface area contributed by atoms with Crippen LogP contribution in [0.3, 0.4) is 0 Å². The van der Waals surface area contributed by atoms with E-state index in [9.17, 15) is 13.2 Å². The molecular weight excluding hydrogens is 311 g/mol. The lowest BCUT2D eigenvalue weighted by Crippen LogP contribution is -2.41. The smallest absolute Gasteiger partial charge is 0.357 e. The van der Waals surface area contributed by atoms with Crippen LogP contribution in [0, 0.1) is 0 Å². The summed E-state index contributed by atoms with van der Waals surface area (Å²) in [5, 5.41) is 6.60. The largest absolute Gasteiger partial charge is 0.471 e. The molecule has 3 heterocycles. The van der Waals surface area contributed by atoms with Crippen molar-refractivity contribution in [2.24, 2.45) is 0 Å². The Labute approximate surface area is 130 Å². The predicted molar refractivity (Wildman–Crippen MR) is 76.8 cm³/mol. The Hall–Kier alpha value is -2.16. The van der Waals surface area contributed by atoms with Gasteiger partial charge in [0.2, 0.25) is 5.82 Å². The van der Waals surface area contributed by atoms with E-state index in [4.69, 9.17) is 0 Å². The van der Waals surface area contributed by atoms with Crippen LogP contribution in [0.2, 0.25) is 0 Å². The number of hydrogen-bond acceptors (Lipinski definition) is 6.